The van der Waals surface area contributed by atoms with Gasteiger partial charge in [-0.05, 0) is 57.5 Å². The minimum Gasteiger partial charge on any atom is -0.372 e. The molecule has 0 aromatic heterocycles. The minimum absolute atomic E-state index is 0.541. The molecule has 0 aliphatic carbocycles. The fraction of sp³-hybridized carbons (Fsp3) is 0.625. The van der Waals surface area contributed by atoms with Gasteiger partial charge < -0.3 is 10.6 Å². The molecule has 19 heavy (non-hydrogen) atoms. The Labute approximate surface area is 117 Å². The molecule has 1 heterocycles. The predicted molar refractivity (Wildman–Crippen MR) is 82.5 cm³/mol. The number of nitrogens with zero attached hydrogens (tertiary/aromatic N) is 2. The van der Waals surface area contributed by atoms with Crippen molar-refractivity contribution in [2.24, 2.45) is 11.7 Å². The molecule has 2 rings (SSSR count). The van der Waals surface area contributed by atoms with Gasteiger partial charge in [0.15, 0.2) is 0 Å². The van der Waals surface area contributed by atoms with Crippen molar-refractivity contribution in [1.82, 2.24) is 4.90 Å². The van der Waals surface area contributed by atoms with Gasteiger partial charge in [0.2, 0.25) is 0 Å². The highest BCUT2D eigenvalue weighted by atomic mass is 15.2. The lowest BCUT2D eigenvalue weighted by molar-refractivity contribution is 0.313. The van der Waals surface area contributed by atoms with Crippen LogP contribution >= 0.6 is 0 Å². The van der Waals surface area contributed by atoms with Crippen LogP contribution < -0.4 is 10.6 Å². The maximum absolute atomic E-state index is 5.80. The number of hydrogen-bond acceptors (Lipinski definition) is 3. The van der Waals surface area contributed by atoms with Crippen LogP contribution in [0, 0.1) is 5.92 Å². The molecule has 0 bridgehead atoms. The van der Waals surface area contributed by atoms with E-state index in [9.17, 15) is 0 Å². The van der Waals surface area contributed by atoms with Crippen LogP contribution in [0.25, 0.3) is 0 Å². The zero-order valence-electron chi connectivity index (χ0n) is 12.5. The molecule has 3 nitrogen and oxygen atoms in total. The Morgan fingerprint density at radius 2 is 1.84 bits per heavy atom. The van der Waals surface area contributed by atoms with Crippen molar-refractivity contribution in [1.29, 1.82) is 0 Å². The first-order valence-electron chi connectivity index (χ1n) is 7.44. The molecule has 3 heteroatoms. The van der Waals surface area contributed by atoms with E-state index in [-0.39, 0.29) is 0 Å². The van der Waals surface area contributed by atoms with Crippen LogP contribution in [0.3, 0.4) is 0 Å². The largest absolute Gasteiger partial charge is 0.372 e. The summed E-state index contributed by atoms with van der Waals surface area (Å²) in [5.41, 5.74) is 8.55. The molecule has 106 valence electrons. The summed E-state index contributed by atoms with van der Waals surface area (Å²) in [6.07, 6.45) is 1.19. The minimum atomic E-state index is 0.541. The topological polar surface area (TPSA) is 32.5 Å². The molecule has 0 amide bonds. The van der Waals surface area contributed by atoms with E-state index in [2.05, 4.69) is 55.0 Å². The lowest BCUT2D eigenvalue weighted by Crippen LogP contribution is -2.22. The normalized spacial score (nSPS) is 23.8. The molecule has 1 saturated heterocycles. The van der Waals surface area contributed by atoms with Crippen LogP contribution in [0.4, 0.5) is 5.69 Å². The highest BCUT2D eigenvalue weighted by Crippen LogP contribution is 2.34. The van der Waals surface area contributed by atoms with Crippen LogP contribution in [0.1, 0.15) is 31.9 Å². The predicted octanol–water partition coefficient (Wildman–Crippen LogP) is 2.48. The standard InChI is InChI=1S/C16H27N3/c1-4-19(5-2)15-8-6-14(7-9-15)16-10-13(11-17)12-18(16)3/h6-9,13,16H,4-5,10-12,17H2,1-3H3. The third-order valence-corrected chi connectivity index (χ3v) is 4.37. The van der Waals surface area contributed by atoms with Gasteiger partial charge >= 0.3 is 0 Å². The Morgan fingerprint density at radius 3 is 2.32 bits per heavy atom. The zero-order valence-corrected chi connectivity index (χ0v) is 12.5. The Bertz CT molecular complexity index is 383. The van der Waals surface area contributed by atoms with E-state index >= 15 is 0 Å². The quantitative estimate of drug-likeness (QED) is 0.884. The summed E-state index contributed by atoms with van der Waals surface area (Å²) >= 11 is 0. The molecule has 1 aliphatic heterocycles. The van der Waals surface area contributed by atoms with Crippen LogP contribution in [0.2, 0.25) is 0 Å². The Hall–Kier alpha value is -1.06. The summed E-state index contributed by atoms with van der Waals surface area (Å²) in [5.74, 6) is 0.650. The number of anilines is 1. The Morgan fingerprint density at radius 1 is 1.21 bits per heavy atom. The smallest absolute Gasteiger partial charge is 0.0366 e. The Balaban J connectivity index is 2.10. The molecule has 1 fully saturated rings. The van der Waals surface area contributed by atoms with Crippen molar-refractivity contribution in [2.45, 2.75) is 26.3 Å². The lowest BCUT2D eigenvalue weighted by atomic mass is 9.99. The molecule has 1 aromatic carbocycles. The fourth-order valence-electron chi connectivity index (χ4n) is 3.16. The van der Waals surface area contributed by atoms with Crippen LogP contribution in [0.15, 0.2) is 24.3 Å². The first kappa shape index (κ1) is 14.4. The van der Waals surface area contributed by atoms with Gasteiger partial charge in [0.1, 0.15) is 0 Å². The van der Waals surface area contributed by atoms with E-state index in [0.29, 0.717) is 12.0 Å². The average Bonchev–Trinajstić information content (AvgIpc) is 2.82. The lowest BCUT2D eigenvalue weighted by Gasteiger charge is -2.23. The highest BCUT2D eigenvalue weighted by Gasteiger charge is 2.29. The van der Waals surface area contributed by atoms with Crippen molar-refractivity contribution in [3.8, 4) is 0 Å². The Kier molecular flexibility index (Phi) is 4.83. The van der Waals surface area contributed by atoms with Crippen molar-refractivity contribution in [3.63, 3.8) is 0 Å². The first-order valence-corrected chi connectivity index (χ1v) is 7.44. The molecule has 1 aliphatic rings. The van der Waals surface area contributed by atoms with Crippen molar-refractivity contribution < 1.29 is 0 Å². The highest BCUT2D eigenvalue weighted by molar-refractivity contribution is 5.47. The molecule has 2 atom stereocenters. The van der Waals surface area contributed by atoms with Crippen LogP contribution in [-0.2, 0) is 0 Å². The van der Waals surface area contributed by atoms with E-state index in [4.69, 9.17) is 5.73 Å². The molecule has 2 unspecified atom stereocenters. The maximum atomic E-state index is 5.80. The summed E-state index contributed by atoms with van der Waals surface area (Å²) < 4.78 is 0. The molecule has 0 spiro atoms. The summed E-state index contributed by atoms with van der Waals surface area (Å²) in [6, 6.07) is 9.62. The summed E-state index contributed by atoms with van der Waals surface area (Å²) in [4.78, 5) is 4.81. The molecular weight excluding hydrogens is 234 g/mol. The molecule has 2 N–H and O–H groups in total. The zero-order chi connectivity index (χ0) is 13.8. The van der Waals surface area contributed by atoms with Crippen molar-refractivity contribution >= 4 is 5.69 Å². The van der Waals surface area contributed by atoms with Crippen LogP contribution in [-0.4, -0.2) is 38.1 Å². The van der Waals surface area contributed by atoms with Gasteiger partial charge in [-0.3, -0.25) is 4.90 Å². The van der Waals surface area contributed by atoms with E-state index in [1.165, 1.54) is 17.7 Å². The third kappa shape index (κ3) is 3.10. The van der Waals surface area contributed by atoms with Gasteiger partial charge in [0.05, 0.1) is 0 Å². The molecule has 1 aromatic rings. The van der Waals surface area contributed by atoms with Crippen LogP contribution in [0.5, 0.6) is 0 Å². The van der Waals surface area contributed by atoms with Gasteiger partial charge in [-0.2, -0.15) is 0 Å². The number of likely N-dealkylation sites (tertiary alicyclic amines) is 1. The summed E-state index contributed by atoms with van der Waals surface area (Å²) in [7, 11) is 2.21. The summed E-state index contributed by atoms with van der Waals surface area (Å²) in [5, 5.41) is 0. The van der Waals surface area contributed by atoms with Gasteiger partial charge in [0.25, 0.3) is 0 Å². The van der Waals surface area contributed by atoms with Crippen molar-refractivity contribution in [3.05, 3.63) is 29.8 Å². The molecule has 0 radical (unpaired) electrons. The molecular formula is C16H27N3. The second-order valence-electron chi connectivity index (χ2n) is 5.56. The van der Waals surface area contributed by atoms with Crippen molar-refractivity contribution in [2.75, 3.05) is 38.1 Å². The maximum Gasteiger partial charge on any atom is 0.0366 e. The second-order valence-corrected chi connectivity index (χ2v) is 5.56. The molecule has 0 saturated carbocycles. The van der Waals surface area contributed by atoms with Gasteiger partial charge in [-0.25, -0.2) is 0 Å². The number of rotatable bonds is 5. The van der Waals surface area contributed by atoms with E-state index in [0.717, 1.165) is 26.2 Å². The second kappa shape index (κ2) is 6.40. The summed E-state index contributed by atoms with van der Waals surface area (Å²) in [6.45, 7) is 8.46. The SMILES string of the molecule is CCN(CC)c1ccc(C2CC(CN)CN2C)cc1. The fourth-order valence-corrected chi connectivity index (χ4v) is 3.16. The number of hydrogen-bond donors (Lipinski definition) is 1. The third-order valence-electron chi connectivity index (χ3n) is 4.37. The van der Waals surface area contributed by atoms with E-state index < -0.39 is 0 Å². The first-order chi connectivity index (χ1) is 9.19. The van der Waals surface area contributed by atoms with Gasteiger partial charge in [-0.1, -0.05) is 12.1 Å². The van der Waals surface area contributed by atoms with Gasteiger partial charge in [-0.15, -0.1) is 0 Å². The van der Waals surface area contributed by atoms with E-state index in [1.54, 1.807) is 0 Å². The average molecular weight is 261 g/mol. The van der Waals surface area contributed by atoms with E-state index in [1.807, 2.05) is 0 Å². The van der Waals surface area contributed by atoms with Gasteiger partial charge in [0, 0.05) is 31.4 Å². The monoisotopic (exact) mass is 261 g/mol. The number of benzene rings is 1. The number of nitrogens with two attached hydrogens (primary N) is 1.